The fourth-order valence-corrected chi connectivity index (χ4v) is 0.723. The van der Waals surface area contributed by atoms with E-state index in [1.165, 1.54) is 6.07 Å². The third-order valence-corrected chi connectivity index (χ3v) is 1.42. The molecule has 0 aliphatic heterocycles. The van der Waals surface area contributed by atoms with Crippen LogP contribution in [-0.2, 0) is 4.79 Å². The average molecular weight is 155 g/mol. The summed E-state index contributed by atoms with van der Waals surface area (Å²) < 4.78 is 0. The number of hydrogen-bond acceptors (Lipinski definition) is 4. The van der Waals surface area contributed by atoms with E-state index in [4.69, 9.17) is 16.7 Å². The molecule has 1 atom stereocenters. The lowest BCUT2D eigenvalue weighted by atomic mass is 10.1. The van der Waals surface area contributed by atoms with Crippen LogP contribution in [0.15, 0.2) is 0 Å². The zero-order valence-electron chi connectivity index (χ0n) is 6.42. The molecule has 0 aliphatic carbocycles. The minimum Gasteiger partial charge on any atom is -0.330 e. The van der Waals surface area contributed by atoms with Crippen molar-refractivity contribution in [2.45, 2.75) is 25.3 Å². The molecule has 0 amide bonds. The zero-order valence-corrected chi connectivity index (χ0v) is 6.42. The highest BCUT2D eigenvalue weighted by atomic mass is 16.1. The molecule has 0 aliphatic rings. The number of rotatable bonds is 5. The number of nitriles is 1. The Kier molecular flexibility index (Phi) is 5.35. The maximum atomic E-state index is 10.6. The number of nitrogens with zero attached hydrogens (tertiary/aromatic N) is 1. The molecule has 0 aromatic heterocycles. The predicted octanol–water partition coefficient (Wildman–Crippen LogP) is -0.465. The Labute approximate surface area is 66.2 Å². The molecule has 0 saturated heterocycles. The second-order valence-corrected chi connectivity index (χ2v) is 2.37. The smallest absolute Gasteiger partial charge is 0.248 e. The van der Waals surface area contributed by atoms with Crippen LogP contribution in [0, 0.1) is 11.3 Å². The van der Waals surface area contributed by atoms with Gasteiger partial charge in [-0.1, -0.05) is 6.42 Å². The van der Waals surface area contributed by atoms with E-state index in [2.05, 4.69) is 0 Å². The third-order valence-electron chi connectivity index (χ3n) is 1.42. The van der Waals surface area contributed by atoms with Crippen molar-refractivity contribution in [3.63, 3.8) is 0 Å². The number of carbonyl (C=O) groups excluding carboxylic acids is 1. The average Bonchev–Trinajstić information content (AvgIpc) is 2.03. The summed E-state index contributed by atoms with van der Waals surface area (Å²) in [6, 6.07) is 0.878. The molecule has 0 saturated carbocycles. The molecule has 0 rings (SSSR count). The van der Waals surface area contributed by atoms with Crippen LogP contribution >= 0.6 is 0 Å². The summed E-state index contributed by atoms with van der Waals surface area (Å²) >= 11 is 0. The lowest BCUT2D eigenvalue weighted by Gasteiger charge is -2.03. The van der Waals surface area contributed by atoms with Gasteiger partial charge < -0.3 is 11.5 Å². The van der Waals surface area contributed by atoms with Crippen molar-refractivity contribution in [1.29, 1.82) is 5.26 Å². The van der Waals surface area contributed by atoms with Crippen molar-refractivity contribution < 1.29 is 4.79 Å². The van der Waals surface area contributed by atoms with Gasteiger partial charge in [0.25, 0.3) is 0 Å². The van der Waals surface area contributed by atoms with Crippen LogP contribution in [0.3, 0.4) is 0 Å². The molecule has 62 valence electrons. The Hall–Kier alpha value is -0.920. The van der Waals surface area contributed by atoms with E-state index in [1.807, 2.05) is 0 Å². The first kappa shape index (κ1) is 10.1. The maximum absolute atomic E-state index is 10.6. The second-order valence-electron chi connectivity index (χ2n) is 2.37. The van der Waals surface area contributed by atoms with Gasteiger partial charge in [-0.25, -0.2) is 0 Å². The highest BCUT2D eigenvalue weighted by Gasteiger charge is 2.10. The Bertz CT molecular complexity index is 162. The molecule has 0 aromatic rings. The number of carbonyl (C=O) groups is 1. The fraction of sp³-hybridized carbons (Fsp3) is 0.714. The monoisotopic (exact) mass is 155 g/mol. The van der Waals surface area contributed by atoms with Gasteiger partial charge in [0.15, 0.2) is 0 Å². The zero-order chi connectivity index (χ0) is 8.69. The van der Waals surface area contributed by atoms with Gasteiger partial charge in [0.05, 0.1) is 6.04 Å². The standard InChI is InChI=1S/C7H13N3O/c8-4-2-1-3-6(10)7(11)5-9/h6H,1-4,8,10H2. The van der Waals surface area contributed by atoms with Crippen molar-refractivity contribution in [1.82, 2.24) is 0 Å². The Morgan fingerprint density at radius 2 is 2.18 bits per heavy atom. The quantitative estimate of drug-likeness (QED) is 0.415. The van der Waals surface area contributed by atoms with E-state index in [0.29, 0.717) is 13.0 Å². The Morgan fingerprint density at radius 1 is 1.55 bits per heavy atom. The molecule has 1 unspecified atom stereocenters. The Morgan fingerprint density at radius 3 is 2.64 bits per heavy atom. The molecule has 0 fully saturated rings. The largest absolute Gasteiger partial charge is 0.330 e. The van der Waals surface area contributed by atoms with E-state index < -0.39 is 11.8 Å². The van der Waals surface area contributed by atoms with Crippen molar-refractivity contribution in [3.05, 3.63) is 0 Å². The van der Waals surface area contributed by atoms with Crippen molar-refractivity contribution in [2.75, 3.05) is 6.54 Å². The summed E-state index contributed by atoms with van der Waals surface area (Å²) in [6.07, 6.45) is 2.22. The first-order valence-electron chi connectivity index (χ1n) is 3.62. The molecule has 4 heteroatoms. The molecule has 11 heavy (non-hydrogen) atoms. The lowest BCUT2D eigenvalue weighted by molar-refractivity contribution is -0.115. The summed E-state index contributed by atoms with van der Waals surface area (Å²) in [5.41, 5.74) is 10.6. The van der Waals surface area contributed by atoms with Crippen LogP contribution in [-0.4, -0.2) is 18.4 Å². The van der Waals surface area contributed by atoms with Gasteiger partial charge >= 0.3 is 0 Å². The van der Waals surface area contributed by atoms with Gasteiger partial charge in [0.1, 0.15) is 6.07 Å². The highest BCUT2D eigenvalue weighted by molar-refractivity contribution is 5.97. The molecule has 4 N–H and O–H groups in total. The van der Waals surface area contributed by atoms with E-state index >= 15 is 0 Å². The molecular formula is C7H13N3O. The maximum Gasteiger partial charge on any atom is 0.248 e. The van der Waals surface area contributed by atoms with Gasteiger partial charge in [0.2, 0.25) is 5.78 Å². The number of ketones is 1. The first-order valence-corrected chi connectivity index (χ1v) is 3.62. The molecule has 0 aromatic carbocycles. The highest BCUT2D eigenvalue weighted by Crippen LogP contribution is 1.97. The van der Waals surface area contributed by atoms with Crippen LogP contribution in [0.5, 0.6) is 0 Å². The molecule has 4 nitrogen and oxygen atoms in total. The van der Waals surface area contributed by atoms with Gasteiger partial charge in [-0.15, -0.1) is 0 Å². The summed E-state index contributed by atoms with van der Waals surface area (Å²) in [5.74, 6) is -0.540. The first-order chi connectivity index (χ1) is 5.22. The number of unbranched alkanes of at least 4 members (excludes halogenated alkanes) is 1. The molecule has 0 bridgehead atoms. The van der Waals surface area contributed by atoms with Gasteiger partial charge in [0, 0.05) is 0 Å². The van der Waals surface area contributed by atoms with E-state index in [9.17, 15) is 4.79 Å². The van der Waals surface area contributed by atoms with E-state index in [1.54, 1.807) is 0 Å². The minimum atomic E-state index is -0.619. The van der Waals surface area contributed by atoms with Gasteiger partial charge in [-0.3, -0.25) is 4.79 Å². The Balaban J connectivity index is 3.46. The number of nitrogens with two attached hydrogens (primary N) is 2. The summed E-state index contributed by atoms with van der Waals surface area (Å²) in [6.45, 7) is 0.605. The molecule has 0 spiro atoms. The third kappa shape index (κ3) is 4.48. The van der Waals surface area contributed by atoms with Crippen LogP contribution in [0.4, 0.5) is 0 Å². The minimum absolute atomic E-state index is 0.540. The van der Waals surface area contributed by atoms with Gasteiger partial charge in [-0.05, 0) is 19.4 Å². The SMILES string of the molecule is N#CC(=O)C(N)CCCCN. The number of hydrogen-bond donors (Lipinski definition) is 2. The normalized spacial score (nSPS) is 12.1. The topological polar surface area (TPSA) is 92.9 Å². The summed E-state index contributed by atoms with van der Waals surface area (Å²) in [4.78, 5) is 10.6. The van der Waals surface area contributed by atoms with Crippen LogP contribution < -0.4 is 11.5 Å². The van der Waals surface area contributed by atoms with Crippen LogP contribution in [0.25, 0.3) is 0 Å². The van der Waals surface area contributed by atoms with Gasteiger partial charge in [-0.2, -0.15) is 5.26 Å². The molecular weight excluding hydrogens is 142 g/mol. The van der Waals surface area contributed by atoms with Crippen molar-refractivity contribution >= 4 is 5.78 Å². The predicted molar refractivity (Wildman–Crippen MR) is 41.5 cm³/mol. The van der Waals surface area contributed by atoms with Crippen molar-refractivity contribution in [3.8, 4) is 6.07 Å². The second kappa shape index (κ2) is 5.83. The number of Topliss-reactive ketones (excluding diaryl/α,β-unsaturated/α-hetero) is 1. The van der Waals surface area contributed by atoms with Crippen LogP contribution in [0.1, 0.15) is 19.3 Å². The van der Waals surface area contributed by atoms with Crippen molar-refractivity contribution in [2.24, 2.45) is 11.5 Å². The summed E-state index contributed by atoms with van der Waals surface area (Å²) in [5, 5.41) is 8.16. The fourth-order valence-electron chi connectivity index (χ4n) is 0.723. The lowest BCUT2D eigenvalue weighted by Crippen LogP contribution is -2.29. The van der Waals surface area contributed by atoms with E-state index in [-0.39, 0.29) is 0 Å². The van der Waals surface area contributed by atoms with E-state index in [0.717, 1.165) is 12.8 Å². The molecule has 0 radical (unpaired) electrons. The molecule has 0 heterocycles. The summed E-state index contributed by atoms with van der Waals surface area (Å²) in [7, 11) is 0. The van der Waals surface area contributed by atoms with Crippen LogP contribution in [0.2, 0.25) is 0 Å².